The third kappa shape index (κ3) is 4.73. The van der Waals surface area contributed by atoms with Gasteiger partial charge < -0.3 is 5.32 Å². The number of aromatic nitrogens is 3. The number of benzene rings is 2. The zero-order valence-corrected chi connectivity index (χ0v) is 13.9. The van der Waals surface area contributed by atoms with Crippen LogP contribution in [0.4, 0.5) is 13.2 Å². The van der Waals surface area contributed by atoms with Crippen molar-refractivity contribution >= 4 is 5.91 Å². The first-order chi connectivity index (χ1) is 12.9. The van der Waals surface area contributed by atoms with Gasteiger partial charge in [0.2, 0.25) is 0 Å². The van der Waals surface area contributed by atoms with Gasteiger partial charge in [-0.25, -0.2) is 0 Å². The van der Waals surface area contributed by atoms with E-state index in [1.54, 1.807) is 12.1 Å². The first-order valence-electron chi connectivity index (χ1n) is 7.85. The molecular formula is C19H13F3N4O. The van der Waals surface area contributed by atoms with E-state index in [0.717, 1.165) is 12.1 Å². The van der Waals surface area contributed by atoms with E-state index in [1.807, 2.05) is 18.2 Å². The molecule has 0 atom stereocenters. The summed E-state index contributed by atoms with van der Waals surface area (Å²) in [5.74, 6) is 4.73. The van der Waals surface area contributed by atoms with E-state index >= 15 is 0 Å². The molecule has 0 fully saturated rings. The van der Waals surface area contributed by atoms with Crippen molar-refractivity contribution in [2.45, 2.75) is 6.18 Å². The summed E-state index contributed by atoms with van der Waals surface area (Å²) in [6.45, 7) is -0.0344. The molecule has 1 heterocycles. The van der Waals surface area contributed by atoms with E-state index in [1.165, 1.54) is 23.1 Å². The molecule has 3 aromatic rings. The SMILES string of the molecule is O=C(NCC#Cc1cccc(C(F)(F)F)c1)c1cnn(-c2ccccc2)n1. The molecule has 8 heteroatoms. The Morgan fingerprint density at radius 2 is 1.89 bits per heavy atom. The van der Waals surface area contributed by atoms with Crippen molar-refractivity contribution in [1.82, 2.24) is 20.3 Å². The number of halogens is 3. The monoisotopic (exact) mass is 370 g/mol. The zero-order chi connectivity index (χ0) is 19.3. The maximum Gasteiger partial charge on any atom is 0.416 e. The topological polar surface area (TPSA) is 59.8 Å². The average Bonchev–Trinajstić information content (AvgIpc) is 3.16. The minimum absolute atomic E-state index is 0.0344. The van der Waals surface area contributed by atoms with E-state index in [0.29, 0.717) is 5.69 Å². The van der Waals surface area contributed by atoms with Crippen molar-refractivity contribution in [2.24, 2.45) is 0 Å². The Morgan fingerprint density at radius 3 is 2.63 bits per heavy atom. The van der Waals surface area contributed by atoms with Crippen LogP contribution in [0.3, 0.4) is 0 Å². The Kier molecular flexibility index (Phi) is 5.22. The van der Waals surface area contributed by atoms with Gasteiger partial charge in [0.15, 0.2) is 5.69 Å². The van der Waals surface area contributed by atoms with E-state index < -0.39 is 17.6 Å². The molecule has 1 aromatic heterocycles. The normalized spacial score (nSPS) is 10.8. The van der Waals surface area contributed by atoms with Crippen LogP contribution in [0.2, 0.25) is 0 Å². The standard InChI is InChI=1S/C19H13F3N4O/c20-19(21,22)15-8-4-6-14(12-15)7-5-11-23-18(27)17-13-24-26(25-17)16-9-2-1-3-10-16/h1-4,6,8-10,12-13H,11H2,(H,23,27). The molecule has 0 bridgehead atoms. The number of carbonyl (C=O) groups excluding carboxylic acids is 1. The van der Waals surface area contributed by atoms with Gasteiger partial charge in [-0.3, -0.25) is 4.79 Å². The molecule has 5 nitrogen and oxygen atoms in total. The van der Waals surface area contributed by atoms with Gasteiger partial charge in [-0.1, -0.05) is 36.1 Å². The van der Waals surface area contributed by atoms with E-state index in [9.17, 15) is 18.0 Å². The lowest BCUT2D eigenvalue weighted by molar-refractivity contribution is -0.137. The summed E-state index contributed by atoms with van der Waals surface area (Å²) in [5.41, 5.74) is 0.269. The van der Waals surface area contributed by atoms with Crippen molar-refractivity contribution in [3.8, 4) is 17.5 Å². The van der Waals surface area contributed by atoms with Crippen LogP contribution in [0, 0.1) is 11.8 Å². The number of hydrogen-bond donors (Lipinski definition) is 1. The maximum atomic E-state index is 12.7. The largest absolute Gasteiger partial charge is 0.416 e. The fraction of sp³-hybridized carbons (Fsp3) is 0.105. The molecule has 0 radical (unpaired) electrons. The minimum Gasteiger partial charge on any atom is -0.340 e. The fourth-order valence-corrected chi connectivity index (χ4v) is 2.19. The molecule has 0 spiro atoms. The smallest absolute Gasteiger partial charge is 0.340 e. The van der Waals surface area contributed by atoms with Gasteiger partial charge >= 0.3 is 6.18 Å². The zero-order valence-electron chi connectivity index (χ0n) is 13.9. The predicted molar refractivity (Wildman–Crippen MR) is 92.0 cm³/mol. The quantitative estimate of drug-likeness (QED) is 0.721. The summed E-state index contributed by atoms with van der Waals surface area (Å²) in [4.78, 5) is 13.4. The van der Waals surface area contributed by atoms with Crippen LogP contribution < -0.4 is 5.32 Å². The van der Waals surface area contributed by atoms with Crippen LogP contribution in [0.15, 0.2) is 60.8 Å². The van der Waals surface area contributed by atoms with Crippen molar-refractivity contribution in [3.05, 3.63) is 77.6 Å². The van der Waals surface area contributed by atoms with Crippen LogP contribution in [0.5, 0.6) is 0 Å². The highest BCUT2D eigenvalue weighted by Gasteiger charge is 2.30. The number of amides is 1. The van der Waals surface area contributed by atoms with Crippen LogP contribution in [-0.4, -0.2) is 27.4 Å². The molecular weight excluding hydrogens is 357 g/mol. The van der Waals surface area contributed by atoms with Crippen molar-refractivity contribution in [1.29, 1.82) is 0 Å². The average molecular weight is 370 g/mol. The number of alkyl halides is 3. The molecule has 0 aliphatic heterocycles. The highest BCUT2D eigenvalue weighted by molar-refractivity contribution is 5.92. The first-order valence-corrected chi connectivity index (χ1v) is 7.85. The second kappa shape index (κ2) is 7.74. The highest BCUT2D eigenvalue weighted by atomic mass is 19.4. The number of nitrogens with one attached hydrogen (secondary N) is 1. The Balaban J connectivity index is 1.60. The molecule has 0 saturated carbocycles. The first kappa shape index (κ1) is 18.2. The predicted octanol–water partition coefficient (Wildman–Crippen LogP) is 3.07. The van der Waals surface area contributed by atoms with Crippen LogP contribution >= 0.6 is 0 Å². The lowest BCUT2D eigenvalue weighted by Crippen LogP contribution is -2.24. The Bertz CT molecular complexity index is 1000. The molecule has 2 aromatic carbocycles. The van der Waals surface area contributed by atoms with Crippen molar-refractivity contribution < 1.29 is 18.0 Å². The lowest BCUT2D eigenvalue weighted by Gasteiger charge is -2.05. The van der Waals surface area contributed by atoms with Crippen molar-refractivity contribution in [2.75, 3.05) is 6.54 Å². The number of carbonyl (C=O) groups is 1. The van der Waals surface area contributed by atoms with Gasteiger partial charge in [0.1, 0.15) is 0 Å². The second-order valence-corrected chi connectivity index (χ2v) is 5.42. The minimum atomic E-state index is -4.42. The molecule has 3 rings (SSSR count). The molecule has 0 unspecified atom stereocenters. The summed E-state index contributed by atoms with van der Waals surface area (Å²) in [7, 11) is 0. The molecule has 1 amide bonds. The third-order valence-corrected chi connectivity index (χ3v) is 3.47. The van der Waals surface area contributed by atoms with Gasteiger partial charge in [0.05, 0.1) is 24.0 Å². The summed E-state index contributed by atoms with van der Waals surface area (Å²) in [6, 6.07) is 13.8. The van der Waals surface area contributed by atoms with Gasteiger partial charge in [0.25, 0.3) is 5.91 Å². The Hall–Kier alpha value is -3.60. The van der Waals surface area contributed by atoms with Crippen LogP contribution in [-0.2, 0) is 6.18 Å². The number of rotatable bonds is 3. The van der Waals surface area contributed by atoms with Crippen LogP contribution in [0.1, 0.15) is 21.6 Å². The molecule has 1 N–H and O–H groups in total. The van der Waals surface area contributed by atoms with E-state index in [4.69, 9.17) is 0 Å². The molecule has 0 saturated heterocycles. The van der Waals surface area contributed by atoms with E-state index in [2.05, 4.69) is 27.4 Å². The third-order valence-electron chi connectivity index (χ3n) is 3.47. The Labute approximate surface area is 152 Å². The number of para-hydroxylation sites is 1. The number of hydrogen-bond acceptors (Lipinski definition) is 3. The molecule has 0 aliphatic carbocycles. The fourth-order valence-electron chi connectivity index (χ4n) is 2.19. The number of nitrogens with zero attached hydrogens (tertiary/aromatic N) is 3. The van der Waals surface area contributed by atoms with Crippen LogP contribution in [0.25, 0.3) is 5.69 Å². The summed E-state index contributed by atoms with van der Waals surface area (Å²) in [5, 5.41) is 10.6. The summed E-state index contributed by atoms with van der Waals surface area (Å²) >= 11 is 0. The van der Waals surface area contributed by atoms with E-state index in [-0.39, 0.29) is 17.8 Å². The van der Waals surface area contributed by atoms with Gasteiger partial charge in [0, 0.05) is 5.56 Å². The lowest BCUT2D eigenvalue weighted by atomic mass is 10.1. The maximum absolute atomic E-state index is 12.7. The second-order valence-electron chi connectivity index (χ2n) is 5.42. The summed E-state index contributed by atoms with van der Waals surface area (Å²) in [6.07, 6.45) is -3.10. The summed E-state index contributed by atoms with van der Waals surface area (Å²) < 4.78 is 38.0. The van der Waals surface area contributed by atoms with Gasteiger partial charge in [-0.05, 0) is 30.3 Å². The van der Waals surface area contributed by atoms with Crippen molar-refractivity contribution in [3.63, 3.8) is 0 Å². The Morgan fingerprint density at radius 1 is 1.11 bits per heavy atom. The van der Waals surface area contributed by atoms with Gasteiger partial charge in [-0.2, -0.15) is 23.1 Å². The van der Waals surface area contributed by atoms with Gasteiger partial charge in [-0.15, -0.1) is 5.10 Å². The highest BCUT2D eigenvalue weighted by Crippen LogP contribution is 2.29. The molecule has 0 aliphatic rings. The molecule has 27 heavy (non-hydrogen) atoms. The molecule has 136 valence electrons.